The number of urea groups is 1. The molecule has 37 heavy (non-hydrogen) atoms. The lowest BCUT2D eigenvalue weighted by molar-refractivity contribution is -0.124. The van der Waals surface area contributed by atoms with Crippen LogP contribution in [0.15, 0.2) is 66.7 Å². The molecule has 2 aliphatic heterocycles. The molecule has 0 aromatic heterocycles. The molecule has 0 aliphatic carbocycles. The molecular weight excluding hydrogens is 515 g/mol. The van der Waals surface area contributed by atoms with Gasteiger partial charge >= 0.3 is 12.0 Å². The van der Waals surface area contributed by atoms with Crippen molar-refractivity contribution in [3.8, 4) is 6.07 Å². The normalized spacial score (nSPS) is 21.1. The molecule has 2 atom stereocenters. The van der Waals surface area contributed by atoms with Crippen LogP contribution in [0.1, 0.15) is 27.4 Å². The third kappa shape index (κ3) is 3.97. The zero-order valence-corrected chi connectivity index (χ0v) is 21.1. The fourth-order valence-corrected chi connectivity index (χ4v) is 5.73. The first-order valence-electron chi connectivity index (χ1n) is 11.3. The van der Waals surface area contributed by atoms with Gasteiger partial charge in [0.15, 0.2) is 0 Å². The second-order valence-corrected chi connectivity index (χ2v) is 9.93. The molecular formula is C27H20Cl2N4O4. The summed E-state index contributed by atoms with van der Waals surface area (Å²) in [6.07, 6.45) is 0. The first-order chi connectivity index (χ1) is 17.6. The Bertz CT molecular complexity index is 1450. The Morgan fingerprint density at radius 3 is 2.19 bits per heavy atom. The number of amides is 3. The summed E-state index contributed by atoms with van der Waals surface area (Å²) in [4.78, 5) is 43.6. The van der Waals surface area contributed by atoms with Gasteiger partial charge in [-0.1, -0.05) is 35.3 Å². The van der Waals surface area contributed by atoms with Crippen LogP contribution in [0.3, 0.4) is 0 Å². The van der Waals surface area contributed by atoms with Crippen molar-refractivity contribution >= 4 is 52.5 Å². The SMILES string of the molecule is CN1C(=O)N(c2cc(Cl)cc(Cl)c2)C(=O)[C@]12CN(c1ccc(C(=O)O)cc1)CC2c1ccc(C#N)cc1. The molecule has 8 nitrogen and oxygen atoms in total. The topological polar surface area (TPSA) is 105 Å². The van der Waals surface area contributed by atoms with E-state index in [-0.39, 0.29) is 17.8 Å². The first-order valence-corrected chi connectivity index (χ1v) is 12.1. The zero-order chi connectivity index (χ0) is 26.5. The van der Waals surface area contributed by atoms with Gasteiger partial charge in [-0.3, -0.25) is 4.79 Å². The summed E-state index contributed by atoms with van der Waals surface area (Å²) in [6.45, 7) is 0.557. The smallest absolute Gasteiger partial charge is 0.335 e. The molecule has 3 aromatic rings. The van der Waals surface area contributed by atoms with Gasteiger partial charge in [-0.25, -0.2) is 14.5 Å². The van der Waals surface area contributed by atoms with E-state index in [0.29, 0.717) is 22.2 Å². The number of hydrogen-bond acceptors (Lipinski definition) is 5. The average Bonchev–Trinajstić information content (AvgIpc) is 3.37. The van der Waals surface area contributed by atoms with Crippen molar-refractivity contribution in [2.45, 2.75) is 11.5 Å². The van der Waals surface area contributed by atoms with E-state index in [1.807, 2.05) is 4.90 Å². The summed E-state index contributed by atoms with van der Waals surface area (Å²) in [5.74, 6) is -1.90. The number of anilines is 2. The molecule has 1 spiro atoms. The van der Waals surface area contributed by atoms with Gasteiger partial charge in [-0.05, 0) is 60.2 Å². The quantitative estimate of drug-likeness (QED) is 0.472. The van der Waals surface area contributed by atoms with Crippen LogP contribution in [0.2, 0.25) is 10.0 Å². The van der Waals surface area contributed by atoms with Gasteiger partial charge in [0.05, 0.1) is 29.4 Å². The van der Waals surface area contributed by atoms with Crippen molar-refractivity contribution < 1.29 is 19.5 Å². The van der Waals surface area contributed by atoms with Crippen LogP contribution in [0.5, 0.6) is 0 Å². The molecule has 3 amide bonds. The number of hydrogen-bond donors (Lipinski definition) is 1. The van der Waals surface area contributed by atoms with Gasteiger partial charge in [0, 0.05) is 35.2 Å². The number of likely N-dealkylation sites (N-methyl/N-ethyl adjacent to an activating group) is 1. The number of benzene rings is 3. The second-order valence-electron chi connectivity index (χ2n) is 9.05. The summed E-state index contributed by atoms with van der Waals surface area (Å²) in [5.41, 5.74) is 1.15. The largest absolute Gasteiger partial charge is 0.478 e. The summed E-state index contributed by atoms with van der Waals surface area (Å²) in [5, 5.41) is 19.1. The molecule has 2 saturated heterocycles. The van der Waals surface area contributed by atoms with Crippen LogP contribution in [-0.4, -0.2) is 53.6 Å². The van der Waals surface area contributed by atoms with Gasteiger partial charge < -0.3 is 14.9 Å². The molecule has 0 saturated carbocycles. The molecule has 0 bridgehead atoms. The third-order valence-corrected chi connectivity index (χ3v) is 7.53. The Morgan fingerprint density at radius 2 is 1.62 bits per heavy atom. The summed E-state index contributed by atoms with van der Waals surface area (Å²) in [6, 6.07) is 19.5. The van der Waals surface area contributed by atoms with Crippen LogP contribution < -0.4 is 9.80 Å². The lowest BCUT2D eigenvalue weighted by Gasteiger charge is -2.33. The average molecular weight is 535 g/mol. The fourth-order valence-electron chi connectivity index (χ4n) is 5.22. The number of carbonyl (C=O) groups excluding carboxylic acids is 2. The second kappa shape index (κ2) is 9.11. The maximum absolute atomic E-state index is 14.2. The minimum absolute atomic E-state index is 0.148. The van der Waals surface area contributed by atoms with Crippen LogP contribution in [0.4, 0.5) is 16.2 Å². The van der Waals surface area contributed by atoms with Gasteiger partial charge in [0.25, 0.3) is 5.91 Å². The molecule has 1 unspecified atom stereocenters. The third-order valence-electron chi connectivity index (χ3n) is 7.09. The Morgan fingerprint density at radius 1 is 1.00 bits per heavy atom. The zero-order valence-electron chi connectivity index (χ0n) is 19.6. The van der Waals surface area contributed by atoms with E-state index >= 15 is 0 Å². The molecule has 0 radical (unpaired) electrons. The number of carbonyl (C=O) groups is 3. The molecule has 2 heterocycles. The first kappa shape index (κ1) is 24.6. The van der Waals surface area contributed by atoms with Crippen LogP contribution in [-0.2, 0) is 4.79 Å². The monoisotopic (exact) mass is 534 g/mol. The van der Waals surface area contributed by atoms with Crippen LogP contribution >= 0.6 is 23.2 Å². The highest BCUT2D eigenvalue weighted by atomic mass is 35.5. The number of nitriles is 1. The number of rotatable bonds is 4. The minimum atomic E-state index is -1.27. The summed E-state index contributed by atoms with van der Waals surface area (Å²) in [7, 11) is 1.60. The van der Waals surface area contributed by atoms with Gasteiger partial charge in [0.1, 0.15) is 5.54 Å². The van der Waals surface area contributed by atoms with Crippen LogP contribution in [0, 0.1) is 11.3 Å². The fraction of sp³-hybridized carbons (Fsp3) is 0.185. The predicted molar refractivity (Wildman–Crippen MR) is 139 cm³/mol. The van der Waals surface area contributed by atoms with Gasteiger partial charge in [0.2, 0.25) is 0 Å². The lowest BCUT2D eigenvalue weighted by atomic mass is 9.80. The number of aromatic carboxylic acids is 1. The number of carboxylic acids is 1. The Labute approximate surface area is 222 Å². The summed E-state index contributed by atoms with van der Waals surface area (Å²) >= 11 is 12.4. The molecule has 5 rings (SSSR count). The molecule has 186 valence electrons. The van der Waals surface area contributed by atoms with Crippen molar-refractivity contribution in [1.82, 2.24) is 4.90 Å². The Balaban J connectivity index is 1.61. The number of imide groups is 1. The highest BCUT2D eigenvalue weighted by molar-refractivity contribution is 6.36. The highest BCUT2D eigenvalue weighted by Crippen LogP contribution is 2.47. The highest BCUT2D eigenvalue weighted by Gasteiger charge is 2.64. The standard InChI is InChI=1S/C27H20Cl2N4O4/c1-31-26(37)33(22-11-19(28)10-20(29)12-22)25(36)27(31)15-32(21-8-6-18(7-9-21)24(34)35)14-23(27)17-4-2-16(13-30)3-5-17/h2-12,23H,14-15H2,1H3,(H,34,35)/t23?,27-/m1/s1. The molecule has 3 aromatic carbocycles. The van der Waals surface area contributed by atoms with Gasteiger partial charge in [-0.2, -0.15) is 5.26 Å². The van der Waals surface area contributed by atoms with Crippen molar-refractivity contribution in [3.63, 3.8) is 0 Å². The summed E-state index contributed by atoms with van der Waals surface area (Å²) < 4.78 is 0. The van der Waals surface area contributed by atoms with Crippen molar-refractivity contribution in [1.29, 1.82) is 5.26 Å². The lowest BCUT2D eigenvalue weighted by Crippen LogP contribution is -2.53. The van der Waals surface area contributed by atoms with Crippen LogP contribution in [0.25, 0.3) is 0 Å². The van der Waals surface area contributed by atoms with E-state index in [9.17, 15) is 24.8 Å². The molecule has 2 aliphatic rings. The van der Waals surface area contributed by atoms with Crippen molar-refractivity contribution in [2.75, 3.05) is 29.9 Å². The van der Waals surface area contributed by atoms with Gasteiger partial charge in [-0.15, -0.1) is 0 Å². The van der Waals surface area contributed by atoms with E-state index in [4.69, 9.17) is 23.2 Å². The number of carboxylic acid groups (broad SMARTS) is 1. The molecule has 1 N–H and O–H groups in total. The maximum atomic E-state index is 14.2. The van der Waals surface area contributed by atoms with E-state index in [1.54, 1.807) is 43.4 Å². The Hall–Kier alpha value is -4.06. The van der Waals surface area contributed by atoms with E-state index in [1.165, 1.54) is 35.2 Å². The van der Waals surface area contributed by atoms with E-state index < -0.39 is 29.4 Å². The van der Waals surface area contributed by atoms with E-state index in [2.05, 4.69) is 6.07 Å². The van der Waals surface area contributed by atoms with Crippen molar-refractivity contribution in [2.24, 2.45) is 0 Å². The maximum Gasteiger partial charge on any atom is 0.335 e. The number of halogens is 2. The van der Waals surface area contributed by atoms with E-state index in [0.717, 1.165) is 16.2 Å². The minimum Gasteiger partial charge on any atom is -0.478 e. The molecule has 10 heteroatoms. The number of nitrogens with zero attached hydrogens (tertiary/aromatic N) is 4. The Kier molecular flexibility index (Phi) is 6.06. The van der Waals surface area contributed by atoms with Crippen molar-refractivity contribution in [3.05, 3.63) is 93.5 Å². The predicted octanol–water partition coefficient (Wildman–Crippen LogP) is 5.00. The molecule has 2 fully saturated rings.